The summed E-state index contributed by atoms with van der Waals surface area (Å²) in [4.78, 5) is 29.1. The zero-order chi connectivity index (χ0) is 31.9. The minimum absolute atomic E-state index is 0. The number of carboxylic acids is 1. The van der Waals surface area contributed by atoms with Gasteiger partial charge in [0.1, 0.15) is 4.70 Å². The SMILES string of the molecule is CCN(CCC(=O)NCCCC[n+]1c(C=C2Sc3ccc(Cl)cc3N2CC)sc2ccc(Cl)cc21)c1ccc(CC(=O)[O-])cc1.[K+]. The number of fused-ring (bicyclic) bond motifs is 2. The van der Waals surface area contributed by atoms with Gasteiger partial charge < -0.3 is 25.0 Å². The number of benzene rings is 3. The fourth-order valence-electron chi connectivity index (χ4n) is 5.43. The van der Waals surface area contributed by atoms with Crippen molar-refractivity contribution in [1.82, 2.24) is 5.32 Å². The molecular formula is C34H36Cl2KN4O3S2+. The Balaban J connectivity index is 0.00000480. The normalized spacial score (nSPS) is 13.1. The Labute approximate surface area is 331 Å². The number of carbonyl (C=O) groups is 2. The second-order valence-corrected chi connectivity index (χ2v) is 13.7. The molecule has 1 aliphatic heterocycles. The van der Waals surface area contributed by atoms with Crippen LogP contribution in [-0.4, -0.2) is 38.1 Å². The molecule has 46 heavy (non-hydrogen) atoms. The van der Waals surface area contributed by atoms with Gasteiger partial charge in [-0.15, -0.1) is 0 Å². The second kappa shape index (κ2) is 17.7. The zero-order valence-corrected chi connectivity index (χ0v) is 32.6. The molecule has 236 valence electrons. The Kier molecular flexibility index (Phi) is 14.3. The quantitative estimate of drug-likeness (QED) is 0.122. The van der Waals surface area contributed by atoms with Crippen LogP contribution in [0.2, 0.25) is 10.0 Å². The van der Waals surface area contributed by atoms with Crippen LogP contribution in [0.25, 0.3) is 16.3 Å². The molecule has 1 aliphatic rings. The summed E-state index contributed by atoms with van der Waals surface area (Å²) in [5.41, 5.74) is 3.91. The summed E-state index contributed by atoms with van der Waals surface area (Å²) in [6, 6.07) is 19.5. The number of thiazole rings is 1. The Morgan fingerprint density at radius 2 is 1.76 bits per heavy atom. The van der Waals surface area contributed by atoms with Crippen molar-refractivity contribution >= 4 is 85.8 Å². The molecule has 7 nitrogen and oxygen atoms in total. The van der Waals surface area contributed by atoms with E-state index in [2.05, 4.69) is 44.8 Å². The Hall–Kier alpha value is -1.60. The molecule has 0 bridgehead atoms. The number of nitrogens with zero attached hydrogens (tertiary/aromatic N) is 3. The molecule has 0 fully saturated rings. The van der Waals surface area contributed by atoms with E-state index in [-0.39, 0.29) is 63.7 Å². The van der Waals surface area contributed by atoms with Gasteiger partial charge in [-0.2, -0.15) is 4.57 Å². The van der Waals surface area contributed by atoms with Crippen LogP contribution in [0.5, 0.6) is 0 Å². The molecule has 0 unspecified atom stereocenters. The summed E-state index contributed by atoms with van der Waals surface area (Å²) in [6.45, 7) is 7.78. The van der Waals surface area contributed by atoms with Gasteiger partial charge in [0.2, 0.25) is 11.4 Å². The number of carbonyl (C=O) groups excluding carboxylic acids is 2. The number of hydrogen-bond acceptors (Lipinski definition) is 7. The minimum Gasteiger partial charge on any atom is -0.550 e. The molecule has 3 aromatic carbocycles. The van der Waals surface area contributed by atoms with E-state index in [1.54, 1.807) is 35.2 Å². The maximum atomic E-state index is 12.6. The number of amides is 1. The van der Waals surface area contributed by atoms with Gasteiger partial charge >= 0.3 is 51.4 Å². The van der Waals surface area contributed by atoms with E-state index >= 15 is 0 Å². The van der Waals surface area contributed by atoms with Crippen LogP contribution < -0.4 is 76.2 Å². The Bertz CT molecular complexity index is 1710. The third kappa shape index (κ3) is 9.51. The summed E-state index contributed by atoms with van der Waals surface area (Å²) in [7, 11) is 0. The van der Waals surface area contributed by atoms with E-state index in [9.17, 15) is 14.7 Å². The van der Waals surface area contributed by atoms with Gasteiger partial charge in [-0.1, -0.05) is 58.4 Å². The smallest absolute Gasteiger partial charge is 0.550 e. The van der Waals surface area contributed by atoms with Crippen LogP contribution in [0.1, 0.15) is 43.7 Å². The molecule has 0 spiro atoms. The van der Waals surface area contributed by atoms with Crippen LogP contribution in [0.3, 0.4) is 0 Å². The van der Waals surface area contributed by atoms with Crippen molar-refractivity contribution in [1.29, 1.82) is 0 Å². The average Bonchev–Trinajstić information content (AvgIpc) is 3.53. The van der Waals surface area contributed by atoms with Crippen molar-refractivity contribution in [3.63, 3.8) is 0 Å². The summed E-state index contributed by atoms with van der Waals surface area (Å²) < 4.78 is 3.52. The zero-order valence-electron chi connectivity index (χ0n) is 26.4. The third-order valence-corrected chi connectivity index (χ3v) is 10.4. The van der Waals surface area contributed by atoms with E-state index < -0.39 is 5.97 Å². The first-order valence-electron chi connectivity index (χ1n) is 15.1. The molecule has 0 aliphatic carbocycles. The number of hydrogen-bond donors (Lipinski definition) is 1. The second-order valence-electron chi connectivity index (χ2n) is 10.7. The van der Waals surface area contributed by atoms with Crippen LogP contribution in [-0.2, 0) is 22.6 Å². The molecule has 0 radical (unpaired) electrons. The molecule has 5 rings (SSSR count). The number of carboxylic acid groups (broad SMARTS) is 1. The molecule has 12 heteroatoms. The summed E-state index contributed by atoms with van der Waals surface area (Å²) >= 11 is 16.2. The molecule has 4 aromatic rings. The van der Waals surface area contributed by atoms with Crippen LogP contribution in [0, 0.1) is 0 Å². The van der Waals surface area contributed by atoms with E-state index in [4.69, 9.17) is 23.2 Å². The molecular weight excluding hydrogens is 687 g/mol. The van der Waals surface area contributed by atoms with Crippen molar-refractivity contribution in [2.24, 2.45) is 0 Å². The summed E-state index contributed by atoms with van der Waals surface area (Å²) in [5, 5.41) is 17.7. The number of nitrogens with one attached hydrogen (secondary N) is 1. The molecule has 2 heterocycles. The van der Waals surface area contributed by atoms with Crippen molar-refractivity contribution in [2.45, 2.75) is 51.0 Å². The molecule has 1 N–H and O–H groups in total. The average molecular weight is 723 g/mol. The van der Waals surface area contributed by atoms with E-state index in [0.717, 1.165) is 59.4 Å². The van der Waals surface area contributed by atoms with Crippen molar-refractivity contribution in [3.8, 4) is 0 Å². The van der Waals surface area contributed by atoms with Gasteiger partial charge in [-0.05, 0) is 68.3 Å². The van der Waals surface area contributed by atoms with E-state index in [1.807, 2.05) is 43.3 Å². The fourth-order valence-corrected chi connectivity index (χ4v) is 8.09. The van der Waals surface area contributed by atoms with Gasteiger partial charge in [-0.25, -0.2) is 0 Å². The van der Waals surface area contributed by atoms with Gasteiger partial charge in [0.05, 0.1) is 16.8 Å². The standard InChI is InChI=1S/C34H36Cl2N4O3S2.K/c1-3-38(26-11-7-23(8-12-26)19-34(42)43)18-15-31(41)37-16-5-6-17-40-28-21-25(36)10-14-30(28)45-33(40)22-32-39(4-2)27-20-24(35)9-13-29(27)44-32;/h7-14,20-22H,3-6,15-19H2,1-2H3,(H-,37,41,42,43);/q;+1. The van der Waals surface area contributed by atoms with Crippen LogP contribution in [0.4, 0.5) is 11.4 Å². The molecule has 1 amide bonds. The molecule has 1 aromatic heterocycles. The monoisotopic (exact) mass is 721 g/mol. The number of unbranched alkanes of at least 4 members (excludes halogenated alkanes) is 1. The van der Waals surface area contributed by atoms with Gasteiger partial charge in [0.15, 0.2) is 6.54 Å². The van der Waals surface area contributed by atoms with Crippen molar-refractivity contribution in [3.05, 3.63) is 86.3 Å². The van der Waals surface area contributed by atoms with Crippen molar-refractivity contribution in [2.75, 3.05) is 36.0 Å². The summed E-state index contributed by atoms with van der Waals surface area (Å²) in [5.74, 6) is -1.08. The number of aromatic nitrogens is 1. The number of thioether (sulfide) groups is 1. The third-order valence-electron chi connectivity index (χ3n) is 7.72. The topological polar surface area (TPSA) is 79.6 Å². The predicted molar refractivity (Wildman–Crippen MR) is 185 cm³/mol. The first-order chi connectivity index (χ1) is 21.7. The van der Waals surface area contributed by atoms with Gasteiger partial charge in [-0.3, -0.25) is 4.79 Å². The molecule has 0 saturated heterocycles. The largest absolute Gasteiger partial charge is 1.00 e. The number of anilines is 2. The molecule has 0 atom stereocenters. The fraction of sp³-hybridized carbons (Fsp3) is 0.324. The first-order valence-corrected chi connectivity index (χ1v) is 17.5. The van der Waals surface area contributed by atoms with Crippen molar-refractivity contribution < 1.29 is 70.6 Å². The number of rotatable bonds is 14. The number of aliphatic carboxylic acids is 1. The predicted octanol–water partition coefficient (Wildman–Crippen LogP) is 3.54. The summed E-state index contributed by atoms with van der Waals surface area (Å²) in [6.07, 6.45) is 4.29. The first kappa shape index (κ1) is 37.2. The van der Waals surface area contributed by atoms with E-state index in [0.29, 0.717) is 30.1 Å². The Morgan fingerprint density at radius 3 is 2.48 bits per heavy atom. The number of aryl methyl sites for hydroxylation is 1. The maximum Gasteiger partial charge on any atom is 1.00 e. The van der Waals surface area contributed by atoms with E-state index in [1.165, 1.54) is 14.6 Å². The Morgan fingerprint density at radius 1 is 1.02 bits per heavy atom. The maximum absolute atomic E-state index is 12.6. The van der Waals surface area contributed by atoms with Crippen LogP contribution in [0.15, 0.2) is 70.6 Å². The number of halogens is 2. The van der Waals surface area contributed by atoms with Crippen LogP contribution >= 0.6 is 46.3 Å². The van der Waals surface area contributed by atoms with Gasteiger partial charge in [0, 0.05) is 78.1 Å². The van der Waals surface area contributed by atoms with Gasteiger partial charge in [0.25, 0.3) is 5.01 Å². The molecule has 0 saturated carbocycles. The minimum atomic E-state index is -1.10.